The normalized spacial score (nSPS) is 11.4. The highest BCUT2D eigenvalue weighted by atomic mass is 32.1. The molecule has 0 unspecified atom stereocenters. The molecule has 1 nitrogen and oxygen atoms in total. The van der Waals surface area contributed by atoms with Gasteiger partial charge in [-0.05, 0) is 109 Å². The van der Waals surface area contributed by atoms with E-state index >= 15 is 0 Å². The summed E-state index contributed by atoms with van der Waals surface area (Å²) in [5.74, 6) is 0. The summed E-state index contributed by atoms with van der Waals surface area (Å²) in [4.78, 5) is 2.44. The summed E-state index contributed by atoms with van der Waals surface area (Å²) < 4.78 is 2.56. The number of nitrogens with zero attached hydrogens (tertiary/aromatic N) is 1. The Morgan fingerprint density at radius 1 is 0.293 bits per heavy atom. The Kier molecular flexibility index (Phi) is 8.42. The van der Waals surface area contributed by atoms with Gasteiger partial charge in [0.1, 0.15) is 0 Å². The van der Waals surface area contributed by atoms with E-state index in [4.69, 9.17) is 0 Å². The van der Waals surface area contributed by atoms with E-state index in [0.717, 1.165) is 17.1 Å². The van der Waals surface area contributed by atoms with Crippen molar-refractivity contribution in [3.05, 3.63) is 224 Å². The van der Waals surface area contributed by atoms with Gasteiger partial charge in [-0.25, -0.2) is 0 Å². The van der Waals surface area contributed by atoms with Crippen LogP contribution >= 0.6 is 11.3 Å². The molecule has 1 aromatic heterocycles. The summed E-state index contributed by atoms with van der Waals surface area (Å²) in [7, 11) is 0. The van der Waals surface area contributed by atoms with Gasteiger partial charge in [0.15, 0.2) is 0 Å². The third kappa shape index (κ3) is 6.03. The SMILES string of the molecule is c1ccc(-c2ccc(-c3ccccc3)c3c2sc2c(N(c4ccc(-c5ccc6ccccc6c5)cc4)c4ccc(-c5ccc6ccccc6c5)cc4)cccc23)cc1. The maximum atomic E-state index is 2.44. The molecule has 0 bridgehead atoms. The highest BCUT2D eigenvalue weighted by Gasteiger charge is 2.22. The van der Waals surface area contributed by atoms with Crippen molar-refractivity contribution < 1.29 is 0 Å². The van der Waals surface area contributed by atoms with E-state index in [0.29, 0.717) is 0 Å². The maximum absolute atomic E-state index is 2.44. The van der Waals surface area contributed by atoms with Crippen LogP contribution in [0.3, 0.4) is 0 Å². The second-order valence-corrected chi connectivity index (χ2v) is 15.9. The molecule has 0 spiro atoms. The molecule has 10 aromatic carbocycles. The number of anilines is 3. The predicted molar refractivity (Wildman–Crippen MR) is 251 cm³/mol. The number of rotatable bonds is 7. The lowest BCUT2D eigenvalue weighted by Crippen LogP contribution is -2.10. The van der Waals surface area contributed by atoms with Crippen LogP contribution in [-0.2, 0) is 0 Å². The van der Waals surface area contributed by atoms with Crippen LogP contribution in [0.2, 0.25) is 0 Å². The van der Waals surface area contributed by atoms with Crippen molar-refractivity contribution in [2.24, 2.45) is 0 Å². The minimum absolute atomic E-state index is 1.11. The van der Waals surface area contributed by atoms with Crippen molar-refractivity contribution >= 4 is 70.1 Å². The standard InChI is InChI=1S/C56H37NS/c1-3-14-42(15-4-1)50-34-35-51(43-16-5-2-6-17-43)56-54(50)52-20-11-21-53(55(52)58-56)57(48-30-26-40(27-31-48)46-24-22-38-12-7-9-18-44(38)36-46)49-32-28-41(29-33-49)47-25-23-39-13-8-10-19-45(39)37-47/h1-37H. The first-order valence-corrected chi connectivity index (χ1v) is 20.6. The van der Waals surface area contributed by atoms with Gasteiger partial charge in [-0.2, -0.15) is 0 Å². The van der Waals surface area contributed by atoms with Gasteiger partial charge in [0.25, 0.3) is 0 Å². The van der Waals surface area contributed by atoms with Crippen LogP contribution < -0.4 is 4.90 Å². The Morgan fingerprint density at radius 3 is 1.31 bits per heavy atom. The Hall–Kier alpha value is -7.26. The highest BCUT2D eigenvalue weighted by molar-refractivity contribution is 7.27. The Balaban J connectivity index is 1.10. The average Bonchev–Trinajstić information content (AvgIpc) is 3.70. The quantitative estimate of drug-likeness (QED) is 0.157. The summed E-state index contributed by atoms with van der Waals surface area (Å²) in [5, 5.41) is 7.57. The van der Waals surface area contributed by atoms with E-state index in [2.05, 4.69) is 229 Å². The van der Waals surface area contributed by atoms with Crippen molar-refractivity contribution in [1.82, 2.24) is 0 Å². The van der Waals surface area contributed by atoms with Crippen molar-refractivity contribution in [3.63, 3.8) is 0 Å². The van der Waals surface area contributed by atoms with Gasteiger partial charge in [-0.1, -0.05) is 182 Å². The molecule has 0 aliphatic carbocycles. The number of fused-ring (bicyclic) bond motifs is 5. The van der Waals surface area contributed by atoms with Crippen LogP contribution in [0.25, 0.3) is 86.2 Å². The first-order chi connectivity index (χ1) is 28.7. The van der Waals surface area contributed by atoms with E-state index in [9.17, 15) is 0 Å². The first kappa shape index (κ1) is 34.0. The fourth-order valence-corrected chi connectivity index (χ4v) is 9.90. The van der Waals surface area contributed by atoms with Crippen molar-refractivity contribution in [3.8, 4) is 44.5 Å². The van der Waals surface area contributed by atoms with E-state index in [1.807, 2.05) is 11.3 Å². The first-order valence-electron chi connectivity index (χ1n) is 19.8. The van der Waals surface area contributed by atoms with Crippen LogP contribution in [0, 0.1) is 0 Å². The molecule has 0 saturated heterocycles. The number of hydrogen-bond donors (Lipinski definition) is 0. The third-order valence-electron chi connectivity index (χ3n) is 11.5. The van der Waals surface area contributed by atoms with Crippen molar-refractivity contribution in [2.75, 3.05) is 4.90 Å². The van der Waals surface area contributed by atoms with E-state index in [-0.39, 0.29) is 0 Å². The molecule has 2 heteroatoms. The minimum Gasteiger partial charge on any atom is -0.309 e. The van der Waals surface area contributed by atoms with E-state index < -0.39 is 0 Å². The van der Waals surface area contributed by atoms with Crippen LogP contribution in [0.4, 0.5) is 17.1 Å². The minimum atomic E-state index is 1.11. The number of benzene rings is 10. The van der Waals surface area contributed by atoms with Crippen LogP contribution in [0.5, 0.6) is 0 Å². The third-order valence-corrected chi connectivity index (χ3v) is 12.7. The van der Waals surface area contributed by atoms with Gasteiger partial charge in [0, 0.05) is 26.8 Å². The monoisotopic (exact) mass is 755 g/mol. The molecule has 1 heterocycles. The summed E-state index contributed by atoms with van der Waals surface area (Å²) in [5.41, 5.74) is 13.2. The van der Waals surface area contributed by atoms with Gasteiger partial charge < -0.3 is 4.90 Å². The molecule has 58 heavy (non-hydrogen) atoms. The molecule has 11 rings (SSSR count). The molecule has 0 aliphatic rings. The predicted octanol–water partition coefficient (Wildman–Crippen LogP) is 16.5. The molecule has 0 atom stereocenters. The Morgan fingerprint density at radius 2 is 0.759 bits per heavy atom. The fourth-order valence-electron chi connectivity index (χ4n) is 8.54. The summed E-state index contributed by atoms with van der Waals surface area (Å²) in [6.45, 7) is 0. The average molecular weight is 756 g/mol. The van der Waals surface area contributed by atoms with Crippen molar-refractivity contribution in [2.45, 2.75) is 0 Å². The van der Waals surface area contributed by atoms with Gasteiger partial charge in [0.05, 0.1) is 10.4 Å². The lowest BCUT2D eigenvalue weighted by atomic mass is 9.95. The zero-order valence-corrected chi connectivity index (χ0v) is 32.5. The Bertz CT molecular complexity index is 3130. The smallest absolute Gasteiger partial charge is 0.0640 e. The van der Waals surface area contributed by atoms with Crippen LogP contribution in [0.1, 0.15) is 0 Å². The van der Waals surface area contributed by atoms with Gasteiger partial charge >= 0.3 is 0 Å². The zero-order chi connectivity index (χ0) is 38.4. The topological polar surface area (TPSA) is 3.24 Å². The molecular weight excluding hydrogens is 719 g/mol. The molecule has 0 radical (unpaired) electrons. The molecule has 0 saturated carbocycles. The lowest BCUT2D eigenvalue weighted by Gasteiger charge is -2.26. The molecule has 0 fully saturated rings. The number of hydrogen-bond acceptors (Lipinski definition) is 2. The second-order valence-electron chi connectivity index (χ2n) is 14.9. The molecule has 0 aliphatic heterocycles. The van der Waals surface area contributed by atoms with Crippen molar-refractivity contribution in [1.29, 1.82) is 0 Å². The summed E-state index contributed by atoms with van der Waals surface area (Å²) >= 11 is 1.90. The molecule has 0 amide bonds. The number of thiophene rings is 1. The highest BCUT2D eigenvalue weighted by Crippen LogP contribution is 2.50. The summed E-state index contributed by atoms with van der Waals surface area (Å²) in [6.07, 6.45) is 0. The van der Waals surface area contributed by atoms with Gasteiger partial charge in [0.2, 0.25) is 0 Å². The summed E-state index contributed by atoms with van der Waals surface area (Å²) in [6, 6.07) is 81.9. The fraction of sp³-hybridized carbons (Fsp3) is 0. The molecule has 0 N–H and O–H groups in total. The largest absolute Gasteiger partial charge is 0.309 e. The van der Waals surface area contributed by atoms with Crippen LogP contribution in [0.15, 0.2) is 224 Å². The van der Waals surface area contributed by atoms with E-state index in [1.54, 1.807) is 0 Å². The van der Waals surface area contributed by atoms with Gasteiger partial charge in [-0.3, -0.25) is 0 Å². The molecular formula is C56H37NS. The molecule has 11 aromatic rings. The van der Waals surface area contributed by atoms with Crippen LogP contribution in [-0.4, -0.2) is 0 Å². The lowest BCUT2D eigenvalue weighted by molar-refractivity contribution is 1.30. The zero-order valence-electron chi connectivity index (χ0n) is 31.7. The second kappa shape index (κ2) is 14.4. The maximum Gasteiger partial charge on any atom is 0.0640 e. The van der Waals surface area contributed by atoms with E-state index in [1.165, 1.54) is 86.2 Å². The molecule has 272 valence electrons. The van der Waals surface area contributed by atoms with Gasteiger partial charge in [-0.15, -0.1) is 11.3 Å². The Labute approximate surface area is 342 Å².